The Morgan fingerprint density at radius 2 is 1.08 bits per heavy atom. The minimum Gasteiger partial charge on any atom is -0.455 e. The number of rotatable bonds is 10. The molecule has 0 N–H and O–H groups in total. The molecule has 202 valence electrons. The normalized spacial score (nSPS) is 12.1. The molecule has 0 aliphatic heterocycles. The highest BCUT2D eigenvalue weighted by molar-refractivity contribution is 6.10. The third-order valence-electron chi connectivity index (χ3n) is 5.21. The van der Waals surface area contributed by atoms with Crippen molar-refractivity contribution in [2.45, 2.75) is 24.7 Å². The summed E-state index contributed by atoms with van der Waals surface area (Å²) in [4.78, 5) is 25.9. The van der Waals surface area contributed by atoms with Crippen molar-refractivity contribution in [2.24, 2.45) is 0 Å². The molecule has 0 aliphatic carbocycles. The highest BCUT2D eigenvalue weighted by Gasteiger charge is 2.44. The highest BCUT2D eigenvalue weighted by Crippen LogP contribution is 2.37. The smallest absolute Gasteiger partial charge is 0.340 e. The molecule has 12 heteroatoms. The molecule has 3 rings (SSSR count). The molecule has 0 saturated carbocycles. The van der Waals surface area contributed by atoms with Gasteiger partial charge in [-0.05, 0) is 22.8 Å². The van der Waals surface area contributed by atoms with Gasteiger partial charge < -0.3 is 9.47 Å². The van der Waals surface area contributed by atoms with E-state index in [-0.39, 0.29) is 16.7 Å². The third kappa shape index (κ3) is 6.48. The molecule has 0 bridgehead atoms. The molecule has 0 fully saturated rings. The number of hydrogen-bond acceptors (Lipinski definition) is 4. The Labute approximate surface area is 210 Å². The molecule has 38 heavy (non-hydrogen) atoms. The van der Waals surface area contributed by atoms with Gasteiger partial charge in [-0.2, -0.15) is 17.6 Å². The first-order chi connectivity index (χ1) is 17.8. The Balaban J connectivity index is 2.19. The summed E-state index contributed by atoms with van der Waals surface area (Å²) in [7, 11) is 0. The van der Waals surface area contributed by atoms with Crippen molar-refractivity contribution in [1.82, 2.24) is 0 Å². The summed E-state index contributed by atoms with van der Waals surface area (Å²) < 4.78 is 113. The van der Waals surface area contributed by atoms with Crippen LogP contribution in [0, 0.1) is 0 Å². The lowest BCUT2D eigenvalue weighted by Gasteiger charge is -2.21. The van der Waals surface area contributed by atoms with Gasteiger partial charge in [-0.3, -0.25) is 0 Å². The van der Waals surface area contributed by atoms with Gasteiger partial charge in [0.2, 0.25) is 0 Å². The van der Waals surface area contributed by atoms with Gasteiger partial charge in [-0.15, -0.1) is 0 Å². The van der Waals surface area contributed by atoms with E-state index in [4.69, 9.17) is 0 Å². The Hall–Kier alpha value is -3.96. The van der Waals surface area contributed by atoms with Gasteiger partial charge in [0.25, 0.3) is 0 Å². The van der Waals surface area contributed by atoms with E-state index in [2.05, 4.69) is 9.47 Å². The Morgan fingerprint density at radius 3 is 1.55 bits per heavy atom. The predicted octanol–water partition coefficient (Wildman–Crippen LogP) is 7.14. The Kier molecular flexibility index (Phi) is 8.74. The quantitative estimate of drug-likeness (QED) is 0.201. The van der Waals surface area contributed by atoms with Crippen LogP contribution in [0.3, 0.4) is 0 Å². The lowest BCUT2D eigenvalue weighted by Crippen LogP contribution is -2.34. The summed E-state index contributed by atoms with van der Waals surface area (Å²) >= 11 is 0. The zero-order chi connectivity index (χ0) is 28.1. The van der Waals surface area contributed by atoms with Crippen LogP contribution >= 0.6 is 0 Å². The van der Waals surface area contributed by atoms with E-state index in [0.29, 0.717) is 5.56 Å². The standard InChI is InChI=1S/C26H18F8O4/c27-23(28)25(31,32)13-37-21(35)18-12-11-17(15-7-3-1-4-8-15)20(19(18)16-9-5-2-6-10-16)22(36)38-14-26(33,34)24(29)30/h1-12,23-24H,13-14H2. The predicted molar refractivity (Wildman–Crippen MR) is 120 cm³/mol. The van der Waals surface area contributed by atoms with Gasteiger partial charge in [0.1, 0.15) is 0 Å². The SMILES string of the molecule is O=C(OCC(F)(F)C(F)F)c1ccc(-c2ccccc2)c(C(=O)OCC(F)(F)C(F)F)c1-c1ccccc1. The second kappa shape index (κ2) is 11.6. The van der Waals surface area contributed by atoms with E-state index in [0.717, 1.165) is 12.1 Å². The number of carbonyl (C=O) groups excluding carboxylic acids is 2. The van der Waals surface area contributed by atoms with Crippen LogP contribution in [-0.2, 0) is 9.47 Å². The molecule has 0 radical (unpaired) electrons. The van der Waals surface area contributed by atoms with Gasteiger partial charge in [0, 0.05) is 5.56 Å². The van der Waals surface area contributed by atoms with E-state index in [9.17, 15) is 44.7 Å². The summed E-state index contributed by atoms with van der Waals surface area (Å²) in [5.41, 5.74) is -1.00. The zero-order valence-corrected chi connectivity index (χ0v) is 19.2. The monoisotopic (exact) mass is 546 g/mol. The number of esters is 2. The molecule has 0 heterocycles. The Bertz CT molecular complexity index is 1260. The molecule has 4 nitrogen and oxygen atoms in total. The number of ether oxygens (including phenoxy) is 2. The van der Waals surface area contributed by atoms with Gasteiger partial charge in [0.05, 0.1) is 11.1 Å². The zero-order valence-electron chi connectivity index (χ0n) is 19.2. The molecule has 0 saturated heterocycles. The lowest BCUT2D eigenvalue weighted by molar-refractivity contribution is -0.155. The highest BCUT2D eigenvalue weighted by atomic mass is 19.3. The molecular formula is C26H18F8O4. The summed E-state index contributed by atoms with van der Waals surface area (Å²) in [6, 6.07) is 17.2. The van der Waals surface area contributed by atoms with E-state index in [1.807, 2.05) is 0 Å². The number of alkyl halides is 8. The molecule has 0 aliphatic rings. The molecule has 0 aromatic heterocycles. The van der Waals surface area contributed by atoms with E-state index in [1.165, 1.54) is 36.4 Å². The van der Waals surface area contributed by atoms with Crippen molar-refractivity contribution >= 4 is 11.9 Å². The largest absolute Gasteiger partial charge is 0.455 e. The first kappa shape index (κ1) is 28.6. The fourth-order valence-electron chi connectivity index (χ4n) is 3.35. The van der Waals surface area contributed by atoms with Crippen molar-refractivity contribution in [1.29, 1.82) is 0 Å². The maximum atomic E-state index is 13.5. The lowest BCUT2D eigenvalue weighted by atomic mass is 9.88. The number of halogens is 8. The molecule has 0 spiro atoms. The maximum Gasteiger partial charge on any atom is 0.340 e. The topological polar surface area (TPSA) is 52.6 Å². The van der Waals surface area contributed by atoms with Gasteiger partial charge in [0.15, 0.2) is 13.2 Å². The van der Waals surface area contributed by atoms with Gasteiger partial charge >= 0.3 is 36.6 Å². The summed E-state index contributed by atoms with van der Waals surface area (Å²) in [5, 5.41) is 0. The molecule has 0 unspecified atom stereocenters. The van der Waals surface area contributed by atoms with Crippen LogP contribution in [0.2, 0.25) is 0 Å². The van der Waals surface area contributed by atoms with Crippen LogP contribution in [0.4, 0.5) is 35.1 Å². The summed E-state index contributed by atoms with van der Waals surface area (Å²) in [6.07, 6.45) is -8.28. The van der Waals surface area contributed by atoms with E-state index in [1.54, 1.807) is 24.3 Å². The van der Waals surface area contributed by atoms with E-state index < -0.39 is 61.0 Å². The average Bonchev–Trinajstić information content (AvgIpc) is 2.90. The average molecular weight is 546 g/mol. The first-order valence-corrected chi connectivity index (χ1v) is 10.8. The van der Waals surface area contributed by atoms with Crippen LogP contribution < -0.4 is 0 Å². The van der Waals surface area contributed by atoms with Crippen LogP contribution in [0.25, 0.3) is 22.3 Å². The summed E-state index contributed by atoms with van der Waals surface area (Å²) in [5.74, 6) is -12.4. The fourth-order valence-corrected chi connectivity index (χ4v) is 3.35. The minimum absolute atomic E-state index is 0.0178. The molecule has 0 amide bonds. The molecule has 3 aromatic carbocycles. The number of carbonyl (C=O) groups is 2. The second-order valence-corrected chi connectivity index (χ2v) is 7.92. The molecular weight excluding hydrogens is 528 g/mol. The minimum atomic E-state index is -4.69. The Morgan fingerprint density at radius 1 is 0.632 bits per heavy atom. The van der Waals surface area contributed by atoms with Crippen LogP contribution in [0.15, 0.2) is 72.8 Å². The first-order valence-electron chi connectivity index (χ1n) is 10.8. The van der Waals surface area contributed by atoms with Crippen molar-refractivity contribution in [3.05, 3.63) is 83.9 Å². The molecule has 3 aromatic rings. The maximum absolute atomic E-state index is 13.5. The van der Waals surface area contributed by atoms with Crippen molar-refractivity contribution in [3.63, 3.8) is 0 Å². The fraction of sp³-hybridized carbons (Fsp3) is 0.231. The summed E-state index contributed by atoms with van der Waals surface area (Å²) in [6.45, 7) is -3.99. The van der Waals surface area contributed by atoms with Crippen LogP contribution in [0.5, 0.6) is 0 Å². The van der Waals surface area contributed by atoms with Crippen LogP contribution in [-0.4, -0.2) is 49.8 Å². The van der Waals surface area contributed by atoms with Gasteiger partial charge in [-0.1, -0.05) is 66.7 Å². The van der Waals surface area contributed by atoms with E-state index >= 15 is 0 Å². The van der Waals surface area contributed by atoms with Crippen molar-refractivity contribution in [2.75, 3.05) is 13.2 Å². The number of hydrogen-bond donors (Lipinski definition) is 0. The number of benzene rings is 3. The third-order valence-corrected chi connectivity index (χ3v) is 5.21. The van der Waals surface area contributed by atoms with Crippen molar-refractivity contribution in [3.8, 4) is 22.3 Å². The van der Waals surface area contributed by atoms with Crippen LogP contribution in [0.1, 0.15) is 20.7 Å². The molecule has 0 atom stereocenters. The second-order valence-electron chi connectivity index (χ2n) is 7.92. The van der Waals surface area contributed by atoms with Gasteiger partial charge in [-0.25, -0.2) is 27.2 Å². The van der Waals surface area contributed by atoms with Crippen molar-refractivity contribution < 1.29 is 54.2 Å².